The molecule has 0 aliphatic carbocycles. The van der Waals surface area contributed by atoms with E-state index in [1.807, 2.05) is 0 Å². The van der Waals surface area contributed by atoms with E-state index in [1.165, 1.54) is 12.1 Å². The maximum atomic E-state index is 12.4. The van der Waals surface area contributed by atoms with E-state index in [1.54, 1.807) is 19.1 Å². The molecule has 116 valence electrons. The summed E-state index contributed by atoms with van der Waals surface area (Å²) < 4.78 is 37.2. The first-order valence-corrected chi connectivity index (χ1v) is 5.99. The molecule has 0 fully saturated rings. The summed E-state index contributed by atoms with van der Waals surface area (Å²) in [5.74, 6) is -2.62. The highest BCUT2D eigenvalue weighted by Gasteiger charge is 2.35. The van der Waals surface area contributed by atoms with Crippen LogP contribution in [0.5, 0.6) is 0 Å². The molecule has 1 unspecified atom stereocenters. The Labute approximate surface area is 119 Å². The molecule has 1 amide bonds. The Hall–Kier alpha value is -2.09. The van der Waals surface area contributed by atoms with Crippen LogP contribution in [0.15, 0.2) is 24.3 Å². The van der Waals surface area contributed by atoms with Crippen LogP contribution in [0.2, 0.25) is 0 Å². The molecule has 0 spiro atoms. The number of carbonyl (C=O) groups is 2. The molecule has 1 aromatic carbocycles. The van der Waals surface area contributed by atoms with Crippen LogP contribution in [-0.4, -0.2) is 41.1 Å². The lowest BCUT2D eigenvalue weighted by molar-refractivity contribution is -0.166. The molecule has 0 aliphatic rings. The first-order chi connectivity index (χ1) is 9.60. The van der Waals surface area contributed by atoms with Crippen molar-refractivity contribution in [2.45, 2.75) is 19.1 Å². The Kier molecular flexibility index (Phi) is 5.31. The summed E-state index contributed by atoms with van der Waals surface area (Å²) in [6, 6.07) is 5.02. The van der Waals surface area contributed by atoms with Crippen LogP contribution in [-0.2, 0) is 9.59 Å². The first-order valence-electron chi connectivity index (χ1n) is 5.99. The Bertz CT molecular complexity index is 514. The van der Waals surface area contributed by atoms with Crippen molar-refractivity contribution in [2.75, 3.05) is 13.1 Å². The number of rotatable bonds is 5. The maximum absolute atomic E-state index is 12.4. The number of alkyl halides is 3. The Balaban J connectivity index is 2.92. The summed E-state index contributed by atoms with van der Waals surface area (Å²) in [5, 5.41) is 8.62. The summed E-state index contributed by atoms with van der Waals surface area (Å²) in [4.78, 5) is 22.8. The SMILES string of the molecule is Cc1ccc(C(N)C(=O)N(CC(=O)O)CC(F)(F)F)cc1. The fourth-order valence-corrected chi connectivity index (χ4v) is 1.70. The van der Waals surface area contributed by atoms with Crippen LogP contribution in [0.25, 0.3) is 0 Å². The number of nitrogens with two attached hydrogens (primary N) is 1. The van der Waals surface area contributed by atoms with E-state index in [2.05, 4.69) is 0 Å². The van der Waals surface area contributed by atoms with Gasteiger partial charge in [-0.1, -0.05) is 29.8 Å². The first kappa shape index (κ1) is 17.0. The number of aryl methyl sites for hydroxylation is 1. The molecular formula is C13H15F3N2O3. The Morgan fingerprint density at radius 2 is 1.81 bits per heavy atom. The number of amides is 1. The van der Waals surface area contributed by atoms with E-state index in [4.69, 9.17) is 10.8 Å². The fourth-order valence-electron chi connectivity index (χ4n) is 1.70. The monoisotopic (exact) mass is 304 g/mol. The van der Waals surface area contributed by atoms with Gasteiger partial charge in [-0.25, -0.2) is 0 Å². The minimum absolute atomic E-state index is 0.187. The Morgan fingerprint density at radius 3 is 2.24 bits per heavy atom. The van der Waals surface area contributed by atoms with Crippen molar-refractivity contribution in [3.8, 4) is 0 Å². The van der Waals surface area contributed by atoms with Crippen LogP contribution in [0.4, 0.5) is 13.2 Å². The molecule has 0 aliphatic heterocycles. The number of aliphatic carboxylic acids is 1. The molecule has 0 saturated carbocycles. The van der Waals surface area contributed by atoms with Gasteiger partial charge >= 0.3 is 12.1 Å². The number of benzene rings is 1. The van der Waals surface area contributed by atoms with Crippen molar-refractivity contribution in [2.24, 2.45) is 5.73 Å². The smallest absolute Gasteiger partial charge is 0.406 e. The van der Waals surface area contributed by atoms with Crippen molar-refractivity contribution < 1.29 is 27.9 Å². The summed E-state index contributed by atoms with van der Waals surface area (Å²) in [5.41, 5.74) is 6.85. The third-order valence-electron chi connectivity index (χ3n) is 2.71. The molecule has 0 saturated heterocycles. The highest BCUT2D eigenvalue weighted by Crippen LogP contribution is 2.20. The average Bonchev–Trinajstić information content (AvgIpc) is 2.35. The zero-order valence-electron chi connectivity index (χ0n) is 11.2. The molecule has 1 aromatic rings. The molecule has 21 heavy (non-hydrogen) atoms. The second kappa shape index (κ2) is 6.57. The van der Waals surface area contributed by atoms with Gasteiger partial charge in [0.1, 0.15) is 19.1 Å². The van der Waals surface area contributed by atoms with Gasteiger partial charge in [0.25, 0.3) is 0 Å². The summed E-state index contributed by atoms with van der Waals surface area (Å²) in [7, 11) is 0. The van der Waals surface area contributed by atoms with Gasteiger partial charge in [0.2, 0.25) is 5.91 Å². The van der Waals surface area contributed by atoms with Gasteiger partial charge in [-0.05, 0) is 12.5 Å². The van der Waals surface area contributed by atoms with E-state index in [9.17, 15) is 22.8 Å². The van der Waals surface area contributed by atoms with Gasteiger partial charge in [0.15, 0.2) is 0 Å². The van der Waals surface area contributed by atoms with E-state index in [0.717, 1.165) is 5.56 Å². The predicted molar refractivity (Wildman–Crippen MR) is 68.4 cm³/mol. The van der Waals surface area contributed by atoms with Crippen LogP contribution in [0, 0.1) is 6.92 Å². The van der Waals surface area contributed by atoms with Gasteiger partial charge in [0.05, 0.1) is 0 Å². The van der Waals surface area contributed by atoms with Crippen molar-refractivity contribution in [1.29, 1.82) is 0 Å². The molecule has 0 aromatic heterocycles. The van der Waals surface area contributed by atoms with Gasteiger partial charge in [-0.15, -0.1) is 0 Å². The second-order valence-electron chi connectivity index (χ2n) is 4.59. The molecule has 0 heterocycles. The lowest BCUT2D eigenvalue weighted by Crippen LogP contribution is -2.46. The van der Waals surface area contributed by atoms with Gasteiger partial charge in [-0.3, -0.25) is 9.59 Å². The van der Waals surface area contributed by atoms with Crippen LogP contribution in [0.1, 0.15) is 17.2 Å². The molecule has 3 N–H and O–H groups in total. The third kappa shape index (κ3) is 5.42. The minimum atomic E-state index is -4.70. The Morgan fingerprint density at radius 1 is 1.29 bits per heavy atom. The van der Waals surface area contributed by atoms with E-state index >= 15 is 0 Å². The molecular weight excluding hydrogens is 289 g/mol. The minimum Gasteiger partial charge on any atom is -0.480 e. The normalized spacial score (nSPS) is 12.8. The standard InChI is InChI=1S/C13H15F3N2O3/c1-8-2-4-9(5-3-8)11(17)12(21)18(6-10(19)20)7-13(14,15)16/h2-5,11H,6-7,17H2,1H3,(H,19,20). The van der Waals surface area contributed by atoms with Crippen molar-refractivity contribution >= 4 is 11.9 Å². The predicted octanol–water partition coefficient (Wildman–Crippen LogP) is 1.47. The zero-order chi connectivity index (χ0) is 16.2. The van der Waals surface area contributed by atoms with Gasteiger partial charge < -0.3 is 15.7 Å². The van der Waals surface area contributed by atoms with Crippen molar-refractivity contribution in [1.82, 2.24) is 4.90 Å². The molecule has 1 atom stereocenters. The second-order valence-corrected chi connectivity index (χ2v) is 4.59. The van der Waals surface area contributed by atoms with Crippen LogP contribution < -0.4 is 5.73 Å². The lowest BCUT2D eigenvalue weighted by Gasteiger charge is -2.25. The molecule has 0 radical (unpaired) electrons. The summed E-state index contributed by atoms with van der Waals surface area (Å²) >= 11 is 0. The van der Waals surface area contributed by atoms with Crippen LogP contribution >= 0.6 is 0 Å². The number of hydrogen-bond acceptors (Lipinski definition) is 3. The molecule has 8 heteroatoms. The topological polar surface area (TPSA) is 83.6 Å². The van der Waals surface area contributed by atoms with Gasteiger partial charge in [0, 0.05) is 0 Å². The van der Waals surface area contributed by atoms with E-state index < -0.39 is 37.2 Å². The quantitative estimate of drug-likeness (QED) is 0.863. The lowest BCUT2D eigenvalue weighted by atomic mass is 10.0. The number of carbonyl (C=O) groups excluding carboxylic acids is 1. The van der Waals surface area contributed by atoms with Crippen molar-refractivity contribution in [3.63, 3.8) is 0 Å². The molecule has 1 rings (SSSR count). The number of nitrogens with zero attached hydrogens (tertiary/aromatic N) is 1. The molecule has 0 bridgehead atoms. The summed E-state index contributed by atoms with van der Waals surface area (Å²) in [6.45, 7) is -0.910. The average molecular weight is 304 g/mol. The largest absolute Gasteiger partial charge is 0.480 e. The fraction of sp³-hybridized carbons (Fsp3) is 0.385. The number of carboxylic acids is 1. The maximum Gasteiger partial charge on any atom is 0.406 e. The number of halogens is 3. The molecule has 5 nitrogen and oxygen atoms in total. The van der Waals surface area contributed by atoms with E-state index in [0.29, 0.717) is 5.56 Å². The van der Waals surface area contributed by atoms with Crippen LogP contribution in [0.3, 0.4) is 0 Å². The highest BCUT2D eigenvalue weighted by atomic mass is 19.4. The third-order valence-corrected chi connectivity index (χ3v) is 2.71. The zero-order valence-corrected chi connectivity index (χ0v) is 11.2. The highest BCUT2D eigenvalue weighted by molar-refractivity contribution is 5.86. The number of hydrogen-bond donors (Lipinski definition) is 2. The van der Waals surface area contributed by atoms with E-state index in [-0.39, 0.29) is 4.90 Å². The number of carboxylic acid groups (broad SMARTS) is 1. The summed E-state index contributed by atoms with van der Waals surface area (Å²) in [6.07, 6.45) is -4.70. The van der Waals surface area contributed by atoms with Gasteiger partial charge in [-0.2, -0.15) is 13.2 Å². The van der Waals surface area contributed by atoms with Crippen molar-refractivity contribution in [3.05, 3.63) is 35.4 Å².